The van der Waals surface area contributed by atoms with Crippen molar-refractivity contribution < 1.29 is 28.3 Å². The highest BCUT2D eigenvalue weighted by atomic mass is 35.5. The van der Waals surface area contributed by atoms with E-state index in [0.717, 1.165) is 44.4 Å². The summed E-state index contributed by atoms with van der Waals surface area (Å²) in [5.74, 6) is 2.26. The molecule has 0 fully saturated rings. The molecule has 4 aromatic rings. The van der Waals surface area contributed by atoms with E-state index in [1.807, 2.05) is 0 Å². The zero-order valence-electron chi connectivity index (χ0n) is 24.6. The maximum absolute atomic E-state index is 14.0. The van der Waals surface area contributed by atoms with Gasteiger partial charge < -0.3 is 29.8 Å². The van der Waals surface area contributed by atoms with Gasteiger partial charge in [-0.05, 0) is 25.1 Å². The Hall–Kier alpha value is -4.33. The molecule has 4 aromatic heterocycles. The number of likely N-dealkylation sites (N-methyl/N-ethyl adjacent to an activating group) is 1. The Morgan fingerprint density at radius 3 is 2.32 bits per heavy atom. The lowest BCUT2D eigenvalue weighted by molar-refractivity contribution is 0.0735. The highest BCUT2D eigenvalue weighted by Crippen LogP contribution is 2.30. The molecule has 246 valence electrons. The van der Waals surface area contributed by atoms with Crippen molar-refractivity contribution in [1.29, 1.82) is 0 Å². The molecule has 4 rings (SSSR count). The van der Waals surface area contributed by atoms with Crippen molar-refractivity contribution in [1.82, 2.24) is 14.0 Å². The molecule has 3 N–H and O–H groups in total. The van der Waals surface area contributed by atoms with E-state index in [0.29, 0.717) is 12.2 Å². The molecule has 1 unspecified atom stereocenters. The number of carbonyl (C=O) groups is 3. The molecule has 47 heavy (non-hydrogen) atoms. The van der Waals surface area contributed by atoms with Crippen LogP contribution in [0.2, 0.25) is 8.67 Å². The summed E-state index contributed by atoms with van der Waals surface area (Å²) in [5.41, 5.74) is -0.677. The number of thiophene rings is 2. The molecule has 0 spiro atoms. The SMILES string of the molecule is CCn1cc(NC(=O)c2cc(C#CC(O)CN(C)C(=O)c3cc(C(=O)Nc4cc(F)c(=O)n(CCF)c4)sc3Cl)c(Cl)s2)ccc1=O. The fraction of sp³-hybridized carbons (Fsp3) is 0.233. The number of aryl methyl sites for hydroxylation is 2. The molecule has 11 nitrogen and oxygen atoms in total. The van der Waals surface area contributed by atoms with Crippen molar-refractivity contribution in [2.24, 2.45) is 0 Å². The molecule has 0 radical (unpaired) electrons. The highest BCUT2D eigenvalue weighted by molar-refractivity contribution is 7.18. The highest BCUT2D eigenvalue weighted by Gasteiger charge is 2.23. The van der Waals surface area contributed by atoms with Crippen molar-refractivity contribution in [3.05, 3.63) is 98.8 Å². The number of carbonyl (C=O) groups excluding carboxylic acids is 3. The topological polar surface area (TPSA) is 143 Å². The van der Waals surface area contributed by atoms with Crippen LogP contribution in [0.1, 0.15) is 42.2 Å². The molecule has 0 bridgehead atoms. The summed E-state index contributed by atoms with van der Waals surface area (Å²) in [4.78, 5) is 63.5. The molecule has 0 aliphatic rings. The first-order valence-corrected chi connectivity index (χ1v) is 16.0. The second kappa shape index (κ2) is 15.5. The summed E-state index contributed by atoms with van der Waals surface area (Å²) >= 11 is 14.2. The van der Waals surface area contributed by atoms with Crippen LogP contribution in [0.25, 0.3) is 0 Å². The van der Waals surface area contributed by atoms with E-state index in [1.165, 1.54) is 42.1 Å². The van der Waals surface area contributed by atoms with E-state index in [1.54, 1.807) is 6.92 Å². The molecular weight excluding hydrogens is 699 g/mol. The number of nitrogens with zero attached hydrogens (tertiary/aromatic N) is 3. The summed E-state index contributed by atoms with van der Waals surface area (Å²) in [7, 11) is 1.39. The summed E-state index contributed by atoms with van der Waals surface area (Å²) < 4.78 is 29.1. The molecule has 0 aromatic carbocycles. The smallest absolute Gasteiger partial charge is 0.286 e. The summed E-state index contributed by atoms with van der Waals surface area (Å²) in [6, 6.07) is 6.30. The van der Waals surface area contributed by atoms with Gasteiger partial charge in [-0.25, -0.2) is 8.78 Å². The average Bonchev–Trinajstić information content (AvgIpc) is 3.61. The molecule has 1 atom stereocenters. The second-order valence-corrected chi connectivity index (χ2v) is 13.1. The lowest BCUT2D eigenvalue weighted by Crippen LogP contribution is -2.33. The lowest BCUT2D eigenvalue weighted by atomic mass is 10.2. The number of rotatable bonds is 10. The van der Waals surface area contributed by atoms with E-state index in [-0.39, 0.29) is 47.3 Å². The van der Waals surface area contributed by atoms with Gasteiger partial charge >= 0.3 is 0 Å². The Morgan fingerprint density at radius 2 is 1.64 bits per heavy atom. The lowest BCUT2D eigenvalue weighted by Gasteiger charge is -2.17. The third-order valence-electron chi connectivity index (χ3n) is 6.43. The van der Waals surface area contributed by atoms with Crippen LogP contribution in [0.4, 0.5) is 20.2 Å². The van der Waals surface area contributed by atoms with Gasteiger partial charge in [-0.2, -0.15) is 0 Å². The number of aliphatic hydroxyl groups is 1. The first kappa shape index (κ1) is 35.5. The van der Waals surface area contributed by atoms with Gasteiger partial charge in [-0.1, -0.05) is 35.0 Å². The van der Waals surface area contributed by atoms with Crippen LogP contribution < -0.4 is 21.8 Å². The molecule has 3 amide bonds. The molecule has 0 saturated heterocycles. The maximum atomic E-state index is 14.0. The van der Waals surface area contributed by atoms with Gasteiger partial charge in [0.2, 0.25) is 0 Å². The molecule has 0 saturated carbocycles. The molecule has 4 heterocycles. The summed E-state index contributed by atoms with van der Waals surface area (Å²) in [6.45, 7) is 0.661. The number of nitrogens with one attached hydrogen (secondary N) is 2. The third-order valence-corrected chi connectivity index (χ3v) is 9.14. The van der Waals surface area contributed by atoms with Gasteiger partial charge in [0.25, 0.3) is 28.8 Å². The van der Waals surface area contributed by atoms with Crippen LogP contribution in [0.3, 0.4) is 0 Å². The fourth-order valence-electron chi connectivity index (χ4n) is 4.11. The van der Waals surface area contributed by atoms with E-state index in [2.05, 4.69) is 22.5 Å². The van der Waals surface area contributed by atoms with Gasteiger partial charge in [-0.3, -0.25) is 24.0 Å². The predicted octanol–water partition coefficient (Wildman–Crippen LogP) is 4.56. The van der Waals surface area contributed by atoms with Gasteiger partial charge in [0, 0.05) is 38.1 Å². The normalized spacial score (nSPS) is 11.4. The molecule has 0 aliphatic heterocycles. The van der Waals surface area contributed by atoms with Gasteiger partial charge in [0.05, 0.1) is 45.3 Å². The number of hydrogen-bond acceptors (Lipinski definition) is 8. The largest absolute Gasteiger partial charge is 0.378 e. The van der Waals surface area contributed by atoms with Crippen LogP contribution in [-0.4, -0.2) is 63.2 Å². The number of aliphatic hydroxyl groups excluding tert-OH is 1. The number of aromatic nitrogens is 2. The van der Waals surface area contributed by atoms with Crippen molar-refractivity contribution in [3.63, 3.8) is 0 Å². The number of hydrogen-bond donors (Lipinski definition) is 3. The Kier molecular flexibility index (Phi) is 11.7. The van der Waals surface area contributed by atoms with Crippen molar-refractivity contribution in [2.75, 3.05) is 30.9 Å². The van der Waals surface area contributed by atoms with E-state index >= 15 is 0 Å². The maximum Gasteiger partial charge on any atom is 0.286 e. The Labute approximate surface area is 284 Å². The zero-order chi connectivity index (χ0) is 34.4. The number of alkyl halides is 1. The summed E-state index contributed by atoms with van der Waals surface area (Å²) in [6.07, 6.45) is 1.28. The quantitative estimate of drug-likeness (QED) is 0.205. The van der Waals surface area contributed by atoms with E-state index in [4.69, 9.17) is 23.2 Å². The Balaban J connectivity index is 1.39. The van der Waals surface area contributed by atoms with Crippen molar-refractivity contribution in [3.8, 4) is 11.8 Å². The van der Waals surface area contributed by atoms with Crippen LogP contribution >= 0.6 is 45.9 Å². The Morgan fingerprint density at radius 1 is 1.00 bits per heavy atom. The zero-order valence-corrected chi connectivity index (χ0v) is 27.8. The van der Waals surface area contributed by atoms with Crippen LogP contribution in [0.5, 0.6) is 0 Å². The van der Waals surface area contributed by atoms with Crippen molar-refractivity contribution >= 4 is 75.0 Å². The van der Waals surface area contributed by atoms with Gasteiger partial charge in [0.15, 0.2) is 5.82 Å². The second-order valence-electron chi connectivity index (χ2n) is 9.78. The third kappa shape index (κ3) is 8.73. The predicted molar refractivity (Wildman–Crippen MR) is 177 cm³/mol. The number of halogens is 4. The number of anilines is 2. The van der Waals surface area contributed by atoms with Crippen LogP contribution in [0.15, 0.2) is 52.3 Å². The average molecular weight is 725 g/mol. The van der Waals surface area contributed by atoms with Crippen LogP contribution in [-0.2, 0) is 13.1 Å². The number of pyridine rings is 2. The summed E-state index contributed by atoms with van der Waals surface area (Å²) in [5, 5.41) is 15.6. The Bertz CT molecular complexity index is 2030. The van der Waals surface area contributed by atoms with Crippen LogP contribution in [0, 0.1) is 17.7 Å². The monoisotopic (exact) mass is 723 g/mol. The van der Waals surface area contributed by atoms with E-state index in [9.17, 15) is 37.9 Å². The molecular formula is C30H25Cl2F2N5O6S2. The first-order chi connectivity index (χ1) is 22.3. The minimum atomic E-state index is -1.33. The molecule has 17 heteroatoms. The minimum Gasteiger partial charge on any atom is -0.378 e. The van der Waals surface area contributed by atoms with Crippen molar-refractivity contribution in [2.45, 2.75) is 26.1 Å². The fourth-order valence-corrected chi connectivity index (χ4v) is 6.35. The van der Waals surface area contributed by atoms with E-state index < -0.39 is 48.4 Å². The first-order valence-electron chi connectivity index (χ1n) is 13.6. The van der Waals surface area contributed by atoms with Gasteiger partial charge in [-0.15, -0.1) is 22.7 Å². The number of amides is 3. The molecule has 0 aliphatic carbocycles. The minimum absolute atomic E-state index is 0.00495. The standard InChI is InChI=1S/C30H25Cl2F2N5O6S2/c1-3-38-13-17(5-7-24(38)41)35-27(42)22-10-16(25(31)46-22)4-6-19(40)15-37(2)29(44)20-12-23(47-26(20)32)28(43)36-18-11-21(34)30(45)39(14-18)9-8-33/h5,7,10-14,19,40H,3,8-9,15H2,1-2H3,(H,35,42)(H,36,43). The van der Waals surface area contributed by atoms with Gasteiger partial charge in [0.1, 0.15) is 21.5 Å².